The topological polar surface area (TPSA) is 70.0 Å². The molecule has 0 saturated carbocycles. The molecular weight excluding hydrogens is 278 g/mol. The van der Waals surface area contributed by atoms with Crippen LogP contribution in [0, 0.1) is 11.8 Å². The molecular formula is C14H17NO4S. The van der Waals surface area contributed by atoms with E-state index in [1.165, 1.54) is 11.3 Å². The summed E-state index contributed by atoms with van der Waals surface area (Å²) in [5, 5.41) is 19.6. The van der Waals surface area contributed by atoms with E-state index < -0.39 is 0 Å². The number of carbonyl (C=O) groups excluding carboxylic acids is 1. The largest absolute Gasteiger partial charge is 0.394 e. The fourth-order valence-electron chi connectivity index (χ4n) is 2.02. The number of hydrogen-bond donors (Lipinski definition) is 2. The number of thiophene rings is 1. The van der Waals surface area contributed by atoms with Crippen LogP contribution in [0.15, 0.2) is 11.4 Å². The Bertz CT molecular complexity index is 531. The lowest BCUT2D eigenvalue weighted by atomic mass is 10.1. The number of nitrogens with zero attached hydrogens (tertiary/aromatic N) is 1. The van der Waals surface area contributed by atoms with Gasteiger partial charge in [0.25, 0.3) is 5.91 Å². The molecule has 2 rings (SSSR count). The van der Waals surface area contributed by atoms with E-state index in [1.54, 1.807) is 16.3 Å². The lowest BCUT2D eigenvalue weighted by Crippen LogP contribution is -2.51. The van der Waals surface area contributed by atoms with Crippen molar-refractivity contribution in [3.63, 3.8) is 0 Å². The molecule has 2 atom stereocenters. The van der Waals surface area contributed by atoms with Crippen LogP contribution in [0.2, 0.25) is 0 Å². The molecule has 2 heterocycles. The lowest BCUT2D eigenvalue weighted by molar-refractivity contribution is -0.0667. The molecule has 1 aromatic heterocycles. The summed E-state index contributed by atoms with van der Waals surface area (Å²) in [6, 6.07) is 1.71. The lowest BCUT2D eigenvalue weighted by Gasteiger charge is -2.37. The van der Waals surface area contributed by atoms with Crippen LogP contribution < -0.4 is 0 Å². The molecule has 1 aliphatic heterocycles. The van der Waals surface area contributed by atoms with Gasteiger partial charge in [-0.3, -0.25) is 4.79 Å². The van der Waals surface area contributed by atoms with Crippen molar-refractivity contribution in [3.8, 4) is 11.8 Å². The molecule has 108 valence electrons. The van der Waals surface area contributed by atoms with Gasteiger partial charge in [0.1, 0.15) is 6.61 Å². The Labute approximate surface area is 121 Å². The first-order chi connectivity index (χ1) is 9.65. The van der Waals surface area contributed by atoms with E-state index in [4.69, 9.17) is 14.9 Å². The van der Waals surface area contributed by atoms with Gasteiger partial charge in [-0.15, -0.1) is 11.3 Å². The van der Waals surface area contributed by atoms with E-state index in [0.29, 0.717) is 18.7 Å². The van der Waals surface area contributed by atoms with Crippen LogP contribution in [0.5, 0.6) is 0 Å². The van der Waals surface area contributed by atoms with Crippen LogP contribution in [-0.4, -0.2) is 59.5 Å². The van der Waals surface area contributed by atoms with E-state index >= 15 is 0 Å². The van der Waals surface area contributed by atoms with E-state index in [2.05, 4.69) is 11.8 Å². The Hall–Kier alpha value is -1.39. The van der Waals surface area contributed by atoms with Gasteiger partial charge in [0, 0.05) is 11.9 Å². The average molecular weight is 295 g/mol. The maximum Gasteiger partial charge on any atom is 0.255 e. The Morgan fingerprint density at radius 3 is 3.10 bits per heavy atom. The third-order valence-corrected chi connectivity index (χ3v) is 3.95. The number of aliphatic hydroxyl groups is 2. The molecule has 2 unspecified atom stereocenters. The molecule has 0 radical (unpaired) electrons. The summed E-state index contributed by atoms with van der Waals surface area (Å²) in [5.74, 6) is 5.27. The predicted octanol–water partition coefficient (Wildman–Crippen LogP) is 0.314. The summed E-state index contributed by atoms with van der Waals surface area (Å²) in [7, 11) is 0. The van der Waals surface area contributed by atoms with E-state index in [9.17, 15) is 4.79 Å². The normalized spacial score (nSPS) is 22.2. The van der Waals surface area contributed by atoms with Crippen LogP contribution >= 0.6 is 11.3 Å². The van der Waals surface area contributed by atoms with Crippen molar-refractivity contribution in [1.82, 2.24) is 4.90 Å². The average Bonchev–Trinajstić information content (AvgIpc) is 2.93. The summed E-state index contributed by atoms with van der Waals surface area (Å²) in [6.45, 7) is 2.46. The molecule has 1 aliphatic rings. The van der Waals surface area contributed by atoms with Crippen LogP contribution in [-0.2, 0) is 4.74 Å². The van der Waals surface area contributed by atoms with Gasteiger partial charge in [0.15, 0.2) is 0 Å². The second-order valence-corrected chi connectivity index (χ2v) is 5.52. The van der Waals surface area contributed by atoms with E-state index in [-0.39, 0.29) is 31.3 Å². The zero-order chi connectivity index (χ0) is 14.5. The van der Waals surface area contributed by atoms with Crippen molar-refractivity contribution in [1.29, 1.82) is 0 Å². The highest BCUT2D eigenvalue weighted by Gasteiger charge is 2.30. The number of rotatable bonds is 2. The molecule has 6 heteroatoms. The van der Waals surface area contributed by atoms with E-state index in [0.717, 1.165) is 4.88 Å². The van der Waals surface area contributed by atoms with Gasteiger partial charge >= 0.3 is 0 Å². The van der Waals surface area contributed by atoms with Crippen LogP contribution in [0.3, 0.4) is 0 Å². The van der Waals surface area contributed by atoms with Crippen molar-refractivity contribution in [2.24, 2.45) is 0 Å². The predicted molar refractivity (Wildman–Crippen MR) is 75.6 cm³/mol. The molecule has 0 aliphatic carbocycles. The minimum Gasteiger partial charge on any atom is -0.394 e. The van der Waals surface area contributed by atoms with Gasteiger partial charge in [-0.2, -0.15) is 0 Å². The summed E-state index contributed by atoms with van der Waals surface area (Å²) >= 11 is 1.38. The number of morpholine rings is 1. The third kappa shape index (κ3) is 3.38. The number of amides is 1. The monoisotopic (exact) mass is 295 g/mol. The van der Waals surface area contributed by atoms with Crippen molar-refractivity contribution >= 4 is 17.2 Å². The highest BCUT2D eigenvalue weighted by atomic mass is 32.1. The molecule has 20 heavy (non-hydrogen) atoms. The highest BCUT2D eigenvalue weighted by Crippen LogP contribution is 2.19. The Morgan fingerprint density at radius 2 is 2.40 bits per heavy atom. The van der Waals surface area contributed by atoms with Crippen molar-refractivity contribution in [2.45, 2.75) is 19.1 Å². The summed E-state index contributed by atoms with van der Waals surface area (Å²) in [6.07, 6.45) is -0.317. The number of carbonyl (C=O) groups is 1. The second kappa shape index (κ2) is 6.86. The van der Waals surface area contributed by atoms with Gasteiger partial charge < -0.3 is 19.8 Å². The first kappa shape index (κ1) is 15.0. The first-order valence-corrected chi connectivity index (χ1v) is 7.25. The Morgan fingerprint density at radius 1 is 1.60 bits per heavy atom. The third-order valence-electron chi connectivity index (χ3n) is 3.11. The zero-order valence-corrected chi connectivity index (χ0v) is 12.0. The van der Waals surface area contributed by atoms with Gasteiger partial charge in [-0.05, 0) is 13.0 Å². The molecule has 1 amide bonds. The molecule has 1 saturated heterocycles. The van der Waals surface area contributed by atoms with Gasteiger partial charge in [0.2, 0.25) is 0 Å². The maximum absolute atomic E-state index is 12.5. The molecule has 2 N–H and O–H groups in total. The standard InChI is InChI=1S/C14H17NO4S/c1-10-8-19-12(7-17)6-15(10)14(18)11-5-13(20-9-11)3-2-4-16/h5,9-10,12,16-17H,4,6-8H2,1H3. The fraction of sp³-hybridized carbons (Fsp3) is 0.500. The Balaban J connectivity index is 2.11. The zero-order valence-electron chi connectivity index (χ0n) is 11.2. The van der Waals surface area contributed by atoms with Crippen molar-refractivity contribution < 1.29 is 19.7 Å². The smallest absolute Gasteiger partial charge is 0.255 e. The molecule has 1 fully saturated rings. The van der Waals surface area contributed by atoms with Crippen molar-refractivity contribution in [3.05, 3.63) is 21.9 Å². The minimum atomic E-state index is -0.317. The highest BCUT2D eigenvalue weighted by molar-refractivity contribution is 7.10. The summed E-state index contributed by atoms with van der Waals surface area (Å²) < 4.78 is 5.42. The molecule has 1 aromatic rings. The second-order valence-electron chi connectivity index (χ2n) is 4.60. The summed E-state index contributed by atoms with van der Waals surface area (Å²) in [4.78, 5) is 14.9. The van der Waals surface area contributed by atoms with E-state index in [1.807, 2.05) is 6.92 Å². The molecule has 5 nitrogen and oxygen atoms in total. The first-order valence-electron chi connectivity index (χ1n) is 6.37. The van der Waals surface area contributed by atoms with Crippen LogP contribution in [0.1, 0.15) is 22.2 Å². The molecule has 0 aromatic carbocycles. The summed E-state index contributed by atoms with van der Waals surface area (Å²) in [5.41, 5.74) is 0.586. The van der Waals surface area contributed by atoms with Crippen molar-refractivity contribution in [2.75, 3.05) is 26.4 Å². The maximum atomic E-state index is 12.5. The van der Waals surface area contributed by atoms with Crippen LogP contribution in [0.4, 0.5) is 0 Å². The van der Waals surface area contributed by atoms with Gasteiger partial charge in [-0.25, -0.2) is 0 Å². The fourth-order valence-corrected chi connectivity index (χ4v) is 2.77. The minimum absolute atomic E-state index is 0.0165. The van der Waals surface area contributed by atoms with Crippen LogP contribution in [0.25, 0.3) is 0 Å². The number of aliphatic hydroxyl groups excluding tert-OH is 2. The number of ether oxygens (including phenoxy) is 1. The van der Waals surface area contributed by atoms with Gasteiger partial charge in [-0.1, -0.05) is 11.8 Å². The molecule has 0 spiro atoms. The SMILES string of the molecule is CC1COC(CO)CN1C(=O)c1csc(C#CCO)c1. The van der Waals surface area contributed by atoms with Gasteiger partial charge in [0.05, 0.1) is 35.8 Å². The quantitative estimate of drug-likeness (QED) is 0.771. The Kier molecular flexibility index (Phi) is 5.15. The number of hydrogen-bond acceptors (Lipinski definition) is 5. The molecule has 0 bridgehead atoms.